The maximum Gasteiger partial charge on any atom is 0.261 e. The highest BCUT2D eigenvalue weighted by Crippen LogP contribution is 2.27. The smallest absolute Gasteiger partial charge is 0.207 e. The minimum atomic E-state index is -3.79. The van der Waals surface area contributed by atoms with Gasteiger partial charge in [-0.3, -0.25) is 0 Å². The Kier molecular flexibility index (Phi) is 2.58. The number of benzene rings is 2. The van der Waals surface area contributed by atoms with Crippen molar-refractivity contribution in [3.05, 3.63) is 42.0 Å². The van der Waals surface area contributed by atoms with Gasteiger partial charge in [0.15, 0.2) is 0 Å². The molecular formula is C11H6ClNO2S. The van der Waals surface area contributed by atoms with Gasteiger partial charge in [0, 0.05) is 21.5 Å². The fourth-order valence-electron chi connectivity index (χ4n) is 1.58. The van der Waals surface area contributed by atoms with Crippen molar-refractivity contribution in [2.45, 2.75) is 4.90 Å². The molecule has 16 heavy (non-hydrogen) atoms. The second kappa shape index (κ2) is 3.78. The number of fused-ring (bicyclic) bond motifs is 1. The van der Waals surface area contributed by atoms with Crippen LogP contribution in [0.2, 0.25) is 0 Å². The molecule has 0 spiro atoms. The summed E-state index contributed by atoms with van der Waals surface area (Å²) in [6.45, 7) is 0. The molecule has 0 heterocycles. The Morgan fingerprint density at radius 3 is 2.25 bits per heavy atom. The van der Waals surface area contributed by atoms with E-state index in [4.69, 9.17) is 15.9 Å². The molecular weight excluding hydrogens is 246 g/mol. The number of nitriles is 1. The van der Waals surface area contributed by atoms with Crippen LogP contribution in [0.3, 0.4) is 0 Å². The molecule has 0 aliphatic rings. The Morgan fingerprint density at radius 2 is 1.69 bits per heavy atom. The van der Waals surface area contributed by atoms with Gasteiger partial charge >= 0.3 is 0 Å². The van der Waals surface area contributed by atoms with Crippen molar-refractivity contribution in [1.29, 1.82) is 5.26 Å². The van der Waals surface area contributed by atoms with Crippen molar-refractivity contribution < 1.29 is 8.42 Å². The second-order valence-corrected chi connectivity index (χ2v) is 5.74. The molecule has 80 valence electrons. The summed E-state index contributed by atoms with van der Waals surface area (Å²) in [7, 11) is 1.53. The van der Waals surface area contributed by atoms with Gasteiger partial charge in [0.1, 0.15) is 0 Å². The lowest BCUT2D eigenvalue weighted by molar-refractivity contribution is 0.610. The molecule has 2 aromatic carbocycles. The molecule has 0 unspecified atom stereocenters. The van der Waals surface area contributed by atoms with Crippen molar-refractivity contribution in [3.8, 4) is 6.07 Å². The van der Waals surface area contributed by atoms with Crippen LogP contribution in [-0.4, -0.2) is 8.42 Å². The number of rotatable bonds is 1. The third-order valence-electron chi connectivity index (χ3n) is 2.27. The largest absolute Gasteiger partial charge is 0.261 e. The summed E-state index contributed by atoms with van der Waals surface area (Å²) < 4.78 is 22.7. The normalized spacial score (nSPS) is 11.2. The minimum absolute atomic E-state index is 0.0313. The predicted octanol–water partition coefficient (Wildman–Crippen LogP) is 2.64. The Morgan fingerprint density at radius 1 is 1.06 bits per heavy atom. The van der Waals surface area contributed by atoms with Crippen LogP contribution in [0.15, 0.2) is 41.3 Å². The van der Waals surface area contributed by atoms with Gasteiger partial charge in [0.2, 0.25) is 0 Å². The fourth-order valence-corrected chi connectivity index (χ4v) is 2.66. The molecule has 0 N–H and O–H groups in total. The third kappa shape index (κ3) is 1.75. The molecule has 2 rings (SSSR count). The Labute approximate surface area is 97.3 Å². The average Bonchev–Trinajstić information content (AvgIpc) is 2.26. The highest BCUT2D eigenvalue weighted by atomic mass is 35.7. The third-order valence-corrected chi connectivity index (χ3v) is 3.65. The van der Waals surface area contributed by atoms with E-state index in [9.17, 15) is 8.42 Å². The molecule has 0 atom stereocenters. The highest BCUT2D eigenvalue weighted by Gasteiger charge is 2.15. The first-order valence-electron chi connectivity index (χ1n) is 4.40. The van der Waals surface area contributed by atoms with Crippen LogP contribution in [0.4, 0.5) is 0 Å². The first-order chi connectivity index (χ1) is 7.54. The van der Waals surface area contributed by atoms with Gasteiger partial charge in [0.05, 0.1) is 16.5 Å². The molecule has 2 aromatic rings. The van der Waals surface area contributed by atoms with Gasteiger partial charge in [-0.15, -0.1) is 0 Å². The lowest BCUT2D eigenvalue weighted by atomic mass is 10.1. The number of hydrogen-bond acceptors (Lipinski definition) is 3. The maximum atomic E-state index is 11.3. The molecule has 3 nitrogen and oxygen atoms in total. The summed E-state index contributed by atoms with van der Waals surface area (Å²) in [5.41, 5.74) is 0.430. The number of halogens is 1. The Hall–Kier alpha value is -1.57. The van der Waals surface area contributed by atoms with Crippen molar-refractivity contribution >= 4 is 30.5 Å². The van der Waals surface area contributed by atoms with Gasteiger partial charge in [-0.05, 0) is 12.1 Å². The summed E-state index contributed by atoms with van der Waals surface area (Å²) in [6, 6.07) is 11.6. The quantitative estimate of drug-likeness (QED) is 0.732. The van der Waals surface area contributed by atoms with E-state index in [2.05, 4.69) is 0 Å². The summed E-state index contributed by atoms with van der Waals surface area (Å²) in [4.78, 5) is 0.0313. The average molecular weight is 252 g/mol. The van der Waals surface area contributed by atoms with Crippen molar-refractivity contribution in [3.63, 3.8) is 0 Å². The van der Waals surface area contributed by atoms with Gasteiger partial charge in [0.25, 0.3) is 9.05 Å². The molecule has 0 fully saturated rings. The fraction of sp³-hybridized carbons (Fsp3) is 0. The lowest BCUT2D eigenvalue weighted by Gasteiger charge is -2.04. The standard InChI is InChI=1S/C11H6ClNO2S/c12-16(14,15)11-6-5-8(7-13)9-3-1-2-4-10(9)11/h1-6H. The van der Waals surface area contributed by atoms with E-state index in [1.54, 1.807) is 24.3 Å². The van der Waals surface area contributed by atoms with Crippen LogP contribution >= 0.6 is 10.7 Å². The number of hydrogen-bond donors (Lipinski definition) is 0. The zero-order chi connectivity index (χ0) is 11.8. The number of nitrogens with zero attached hydrogens (tertiary/aromatic N) is 1. The van der Waals surface area contributed by atoms with Crippen LogP contribution in [0.1, 0.15) is 5.56 Å². The second-order valence-electron chi connectivity index (χ2n) is 3.21. The highest BCUT2D eigenvalue weighted by molar-refractivity contribution is 8.14. The van der Waals surface area contributed by atoms with E-state index in [-0.39, 0.29) is 4.90 Å². The molecule has 0 saturated heterocycles. The van der Waals surface area contributed by atoms with E-state index in [0.717, 1.165) is 0 Å². The molecule has 0 aliphatic carbocycles. The molecule has 0 bridgehead atoms. The summed E-state index contributed by atoms with van der Waals surface area (Å²) in [6.07, 6.45) is 0. The first-order valence-corrected chi connectivity index (χ1v) is 6.71. The van der Waals surface area contributed by atoms with Crippen LogP contribution in [0, 0.1) is 11.3 Å². The summed E-state index contributed by atoms with van der Waals surface area (Å²) >= 11 is 0. The van der Waals surface area contributed by atoms with Crippen molar-refractivity contribution in [2.75, 3.05) is 0 Å². The summed E-state index contributed by atoms with van der Waals surface area (Å²) in [5, 5.41) is 9.96. The molecule has 0 saturated carbocycles. The van der Waals surface area contributed by atoms with Gasteiger partial charge in [-0.1, -0.05) is 24.3 Å². The molecule has 5 heteroatoms. The predicted molar refractivity (Wildman–Crippen MR) is 61.7 cm³/mol. The summed E-state index contributed by atoms with van der Waals surface area (Å²) in [5.74, 6) is 0. The van der Waals surface area contributed by atoms with Gasteiger partial charge < -0.3 is 0 Å². The van der Waals surface area contributed by atoms with Crippen LogP contribution in [0.25, 0.3) is 10.8 Å². The van der Waals surface area contributed by atoms with Crippen LogP contribution < -0.4 is 0 Å². The van der Waals surface area contributed by atoms with E-state index in [0.29, 0.717) is 16.3 Å². The maximum absolute atomic E-state index is 11.3. The SMILES string of the molecule is N#Cc1ccc(S(=O)(=O)Cl)c2ccccc12. The molecule has 0 aromatic heterocycles. The van der Waals surface area contributed by atoms with Crippen LogP contribution in [-0.2, 0) is 9.05 Å². The van der Waals surface area contributed by atoms with E-state index < -0.39 is 9.05 Å². The zero-order valence-corrected chi connectivity index (χ0v) is 9.59. The Balaban J connectivity index is 2.98. The zero-order valence-electron chi connectivity index (χ0n) is 8.01. The lowest BCUT2D eigenvalue weighted by Crippen LogP contribution is -1.93. The molecule has 0 amide bonds. The van der Waals surface area contributed by atoms with E-state index in [1.807, 2.05) is 6.07 Å². The van der Waals surface area contributed by atoms with Crippen LogP contribution in [0.5, 0.6) is 0 Å². The molecule has 0 radical (unpaired) electrons. The first kappa shape index (κ1) is 10.9. The monoisotopic (exact) mass is 251 g/mol. The minimum Gasteiger partial charge on any atom is -0.207 e. The van der Waals surface area contributed by atoms with Crippen molar-refractivity contribution in [1.82, 2.24) is 0 Å². The topological polar surface area (TPSA) is 57.9 Å². The van der Waals surface area contributed by atoms with Gasteiger partial charge in [-0.2, -0.15) is 5.26 Å². The van der Waals surface area contributed by atoms with E-state index >= 15 is 0 Å². The van der Waals surface area contributed by atoms with E-state index in [1.165, 1.54) is 12.1 Å². The molecule has 0 aliphatic heterocycles. The Bertz CT molecular complexity index is 701. The van der Waals surface area contributed by atoms with Crippen molar-refractivity contribution in [2.24, 2.45) is 0 Å². The van der Waals surface area contributed by atoms with Gasteiger partial charge in [-0.25, -0.2) is 8.42 Å².